The summed E-state index contributed by atoms with van der Waals surface area (Å²) in [6.07, 6.45) is 0.984. The SMILES string of the molecule is CC1CC(C(=O)Nc2ccc(CN)cc2)CO1. The van der Waals surface area contributed by atoms with Crippen molar-refractivity contribution in [3.05, 3.63) is 29.8 Å². The molecule has 0 spiro atoms. The molecule has 3 N–H and O–H groups in total. The van der Waals surface area contributed by atoms with Gasteiger partial charge in [-0.15, -0.1) is 0 Å². The summed E-state index contributed by atoms with van der Waals surface area (Å²) in [5.41, 5.74) is 7.38. The zero-order chi connectivity index (χ0) is 12.3. The minimum Gasteiger partial charge on any atom is -0.378 e. The molecule has 0 saturated carbocycles. The molecular weight excluding hydrogens is 216 g/mol. The highest BCUT2D eigenvalue weighted by Crippen LogP contribution is 2.21. The summed E-state index contributed by atoms with van der Waals surface area (Å²) >= 11 is 0. The molecule has 1 heterocycles. The molecule has 1 aromatic rings. The Morgan fingerprint density at radius 2 is 2.18 bits per heavy atom. The molecule has 1 amide bonds. The average molecular weight is 234 g/mol. The molecule has 1 saturated heterocycles. The molecule has 4 nitrogen and oxygen atoms in total. The number of hydrogen-bond acceptors (Lipinski definition) is 3. The number of nitrogens with one attached hydrogen (secondary N) is 1. The molecule has 1 aliphatic rings. The average Bonchev–Trinajstić information content (AvgIpc) is 2.77. The third-order valence-electron chi connectivity index (χ3n) is 3.03. The largest absolute Gasteiger partial charge is 0.378 e. The summed E-state index contributed by atoms with van der Waals surface area (Å²) in [6, 6.07) is 7.59. The Balaban J connectivity index is 1.93. The maximum absolute atomic E-state index is 11.9. The first kappa shape index (κ1) is 12.1. The van der Waals surface area contributed by atoms with Crippen molar-refractivity contribution in [3.8, 4) is 0 Å². The number of benzene rings is 1. The van der Waals surface area contributed by atoms with Crippen LogP contribution in [-0.2, 0) is 16.1 Å². The molecule has 1 fully saturated rings. The summed E-state index contributed by atoms with van der Waals surface area (Å²) in [5, 5.41) is 2.90. The number of nitrogens with two attached hydrogens (primary N) is 1. The molecule has 0 aliphatic carbocycles. The number of amides is 1. The molecule has 0 radical (unpaired) electrons. The van der Waals surface area contributed by atoms with Crippen LogP contribution >= 0.6 is 0 Å². The Labute approximate surface area is 101 Å². The lowest BCUT2D eigenvalue weighted by atomic mass is 10.1. The molecular formula is C13H18N2O2. The summed E-state index contributed by atoms with van der Waals surface area (Å²) in [4.78, 5) is 11.9. The van der Waals surface area contributed by atoms with Crippen molar-refractivity contribution in [1.82, 2.24) is 0 Å². The lowest BCUT2D eigenvalue weighted by molar-refractivity contribution is -0.119. The lowest BCUT2D eigenvalue weighted by Gasteiger charge is -2.09. The zero-order valence-electron chi connectivity index (χ0n) is 9.98. The van der Waals surface area contributed by atoms with Gasteiger partial charge in [-0.3, -0.25) is 4.79 Å². The molecule has 1 aliphatic heterocycles. The van der Waals surface area contributed by atoms with Crippen LogP contribution in [0.4, 0.5) is 5.69 Å². The van der Waals surface area contributed by atoms with Crippen LogP contribution in [0, 0.1) is 5.92 Å². The van der Waals surface area contributed by atoms with Gasteiger partial charge >= 0.3 is 0 Å². The fraction of sp³-hybridized carbons (Fsp3) is 0.462. The van der Waals surface area contributed by atoms with Crippen molar-refractivity contribution >= 4 is 11.6 Å². The van der Waals surface area contributed by atoms with Gasteiger partial charge in [0.15, 0.2) is 0 Å². The van der Waals surface area contributed by atoms with Gasteiger partial charge in [-0.1, -0.05) is 12.1 Å². The topological polar surface area (TPSA) is 64.4 Å². The summed E-state index contributed by atoms with van der Waals surface area (Å²) in [6.45, 7) is 3.03. The third kappa shape index (κ3) is 3.05. The monoisotopic (exact) mass is 234 g/mol. The standard InChI is InChI=1S/C13H18N2O2/c1-9-6-11(8-17-9)13(16)15-12-4-2-10(7-14)3-5-12/h2-5,9,11H,6-8,14H2,1H3,(H,15,16). The predicted molar refractivity (Wildman–Crippen MR) is 66.5 cm³/mol. The van der Waals surface area contributed by atoms with E-state index in [-0.39, 0.29) is 17.9 Å². The van der Waals surface area contributed by atoms with Gasteiger partial charge in [-0.25, -0.2) is 0 Å². The highest BCUT2D eigenvalue weighted by Gasteiger charge is 2.28. The molecule has 4 heteroatoms. The smallest absolute Gasteiger partial charge is 0.229 e. The second-order valence-electron chi connectivity index (χ2n) is 4.47. The van der Waals surface area contributed by atoms with Crippen molar-refractivity contribution in [3.63, 3.8) is 0 Å². The number of carbonyl (C=O) groups excluding carboxylic acids is 1. The van der Waals surface area contributed by atoms with Crippen LogP contribution in [0.3, 0.4) is 0 Å². The van der Waals surface area contributed by atoms with Gasteiger partial charge < -0.3 is 15.8 Å². The van der Waals surface area contributed by atoms with Crippen molar-refractivity contribution < 1.29 is 9.53 Å². The van der Waals surface area contributed by atoms with Gasteiger partial charge in [-0.05, 0) is 31.0 Å². The van der Waals surface area contributed by atoms with E-state index in [9.17, 15) is 4.79 Å². The van der Waals surface area contributed by atoms with Crippen LogP contribution in [0.25, 0.3) is 0 Å². The molecule has 0 bridgehead atoms. The van der Waals surface area contributed by atoms with E-state index in [0.717, 1.165) is 17.7 Å². The second-order valence-corrected chi connectivity index (χ2v) is 4.47. The van der Waals surface area contributed by atoms with Gasteiger partial charge in [0, 0.05) is 12.2 Å². The van der Waals surface area contributed by atoms with Crippen LogP contribution in [0.5, 0.6) is 0 Å². The maximum Gasteiger partial charge on any atom is 0.229 e. The summed E-state index contributed by atoms with van der Waals surface area (Å²) in [5.74, 6) is 0.00836. The predicted octanol–water partition coefficient (Wildman–Crippen LogP) is 1.51. The fourth-order valence-corrected chi connectivity index (χ4v) is 1.97. The first-order valence-electron chi connectivity index (χ1n) is 5.90. The molecule has 17 heavy (non-hydrogen) atoms. The van der Waals surface area contributed by atoms with Crippen LogP contribution in [0.15, 0.2) is 24.3 Å². The molecule has 2 unspecified atom stereocenters. The zero-order valence-corrected chi connectivity index (χ0v) is 9.98. The van der Waals surface area contributed by atoms with E-state index < -0.39 is 0 Å². The van der Waals surface area contributed by atoms with Gasteiger partial charge in [0.25, 0.3) is 0 Å². The van der Waals surface area contributed by atoms with E-state index in [4.69, 9.17) is 10.5 Å². The summed E-state index contributed by atoms with van der Waals surface area (Å²) in [7, 11) is 0. The van der Waals surface area contributed by atoms with E-state index in [1.54, 1.807) is 0 Å². The third-order valence-corrected chi connectivity index (χ3v) is 3.03. The highest BCUT2D eigenvalue weighted by molar-refractivity contribution is 5.92. The van der Waals surface area contributed by atoms with Crippen LogP contribution < -0.4 is 11.1 Å². The molecule has 0 aromatic heterocycles. The quantitative estimate of drug-likeness (QED) is 0.833. The Morgan fingerprint density at radius 3 is 2.71 bits per heavy atom. The van der Waals surface area contributed by atoms with Gasteiger partial charge in [-0.2, -0.15) is 0 Å². The van der Waals surface area contributed by atoms with E-state index in [2.05, 4.69) is 5.32 Å². The van der Waals surface area contributed by atoms with Crippen molar-refractivity contribution in [1.29, 1.82) is 0 Å². The van der Waals surface area contributed by atoms with Crippen molar-refractivity contribution in [2.45, 2.75) is 26.0 Å². The lowest BCUT2D eigenvalue weighted by Crippen LogP contribution is -2.23. The Bertz CT molecular complexity index is 389. The Kier molecular flexibility index (Phi) is 3.76. The summed E-state index contributed by atoms with van der Waals surface area (Å²) < 4.78 is 5.38. The minimum absolute atomic E-state index is 0.0285. The fourth-order valence-electron chi connectivity index (χ4n) is 1.97. The normalized spacial score (nSPS) is 23.6. The first-order chi connectivity index (χ1) is 8.19. The molecule has 2 rings (SSSR count). The number of ether oxygens (including phenoxy) is 1. The van der Waals surface area contributed by atoms with Gasteiger partial charge in [0.1, 0.15) is 0 Å². The number of rotatable bonds is 3. The van der Waals surface area contributed by atoms with Crippen LogP contribution in [-0.4, -0.2) is 18.6 Å². The number of anilines is 1. The van der Waals surface area contributed by atoms with Crippen molar-refractivity contribution in [2.75, 3.05) is 11.9 Å². The van der Waals surface area contributed by atoms with E-state index >= 15 is 0 Å². The molecule has 1 aromatic carbocycles. The number of hydrogen-bond donors (Lipinski definition) is 2. The second kappa shape index (κ2) is 5.29. The van der Waals surface area contributed by atoms with E-state index in [0.29, 0.717) is 13.2 Å². The first-order valence-corrected chi connectivity index (χ1v) is 5.90. The molecule has 92 valence electrons. The van der Waals surface area contributed by atoms with Crippen LogP contribution in [0.1, 0.15) is 18.9 Å². The Morgan fingerprint density at radius 1 is 1.47 bits per heavy atom. The Hall–Kier alpha value is -1.39. The number of carbonyl (C=O) groups is 1. The van der Waals surface area contributed by atoms with Gasteiger partial charge in [0.2, 0.25) is 5.91 Å². The molecule has 2 atom stereocenters. The highest BCUT2D eigenvalue weighted by atomic mass is 16.5. The van der Waals surface area contributed by atoms with E-state index in [1.165, 1.54) is 0 Å². The van der Waals surface area contributed by atoms with Gasteiger partial charge in [0.05, 0.1) is 18.6 Å². The van der Waals surface area contributed by atoms with Crippen LogP contribution in [0.2, 0.25) is 0 Å². The minimum atomic E-state index is -0.0285. The maximum atomic E-state index is 11.9. The van der Waals surface area contributed by atoms with Crippen molar-refractivity contribution in [2.24, 2.45) is 11.7 Å². The van der Waals surface area contributed by atoms with E-state index in [1.807, 2.05) is 31.2 Å².